The highest BCUT2D eigenvalue weighted by Gasteiger charge is 2.14. The average molecular weight is 453 g/mol. The van der Waals surface area contributed by atoms with Gasteiger partial charge in [-0.3, -0.25) is 9.59 Å². The zero-order valence-corrected chi connectivity index (χ0v) is 17.9. The molecule has 6 nitrogen and oxygen atoms in total. The minimum Gasteiger partial charge on any atom is -0.318 e. The van der Waals surface area contributed by atoms with Crippen LogP contribution in [0.4, 0.5) is 5.69 Å². The third-order valence-corrected chi connectivity index (χ3v) is 5.03. The molecule has 3 aromatic rings. The van der Waals surface area contributed by atoms with Crippen molar-refractivity contribution in [2.75, 3.05) is 5.32 Å². The van der Waals surface area contributed by atoms with Crippen molar-refractivity contribution in [2.45, 2.75) is 20.8 Å². The van der Waals surface area contributed by atoms with Gasteiger partial charge in [-0.25, -0.2) is 5.43 Å². The van der Waals surface area contributed by atoms with Crippen LogP contribution in [0.1, 0.15) is 22.5 Å². The normalized spacial score (nSPS) is 10.9. The van der Waals surface area contributed by atoms with E-state index in [0.717, 1.165) is 32.7 Å². The molecule has 2 N–H and O–H groups in total. The summed E-state index contributed by atoms with van der Waals surface area (Å²) in [6.45, 7) is 6.07. The van der Waals surface area contributed by atoms with Crippen LogP contribution >= 0.6 is 15.9 Å². The van der Waals surface area contributed by atoms with Crippen LogP contribution in [-0.2, 0) is 9.59 Å². The minimum absolute atomic E-state index is 0.527. The van der Waals surface area contributed by atoms with Crippen LogP contribution in [0.15, 0.2) is 64.2 Å². The molecule has 0 saturated heterocycles. The Bertz CT molecular complexity index is 1080. The maximum Gasteiger partial charge on any atom is 0.329 e. The Morgan fingerprint density at radius 1 is 1.00 bits per heavy atom. The van der Waals surface area contributed by atoms with Crippen molar-refractivity contribution in [3.63, 3.8) is 0 Å². The number of para-hydroxylation sites is 1. The highest BCUT2D eigenvalue weighted by Crippen LogP contribution is 2.22. The summed E-state index contributed by atoms with van der Waals surface area (Å²) in [5.41, 5.74) is 7.96. The van der Waals surface area contributed by atoms with Gasteiger partial charge in [-0.15, -0.1) is 0 Å². The number of hydrogen-bond donors (Lipinski definition) is 2. The molecule has 3 rings (SSSR count). The van der Waals surface area contributed by atoms with Gasteiger partial charge in [0.1, 0.15) is 0 Å². The largest absolute Gasteiger partial charge is 0.329 e. The van der Waals surface area contributed by atoms with Gasteiger partial charge < -0.3 is 9.88 Å². The van der Waals surface area contributed by atoms with Crippen LogP contribution in [0.25, 0.3) is 5.69 Å². The molecule has 0 saturated carbocycles. The highest BCUT2D eigenvalue weighted by molar-refractivity contribution is 9.10. The lowest BCUT2D eigenvalue weighted by Gasteiger charge is -2.12. The van der Waals surface area contributed by atoms with Crippen molar-refractivity contribution in [3.05, 3.63) is 81.6 Å². The first-order chi connectivity index (χ1) is 13.9. The average Bonchev–Trinajstić information content (AvgIpc) is 2.97. The summed E-state index contributed by atoms with van der Waals surface area (Å²) in [5, 5.41) is 6.46. The molecule has 0 atom stereocenters. The SMILES string of the molecule is Cc1ccccc1-n1c(C)cc(/C=N/NC(=O)C(=O)Nc2ccc(Br)cc2)c1C. The lowest BCUT2D eigenvalue weighted by Crippen LogP contribution is -2.32. The van der Waals surface area contributed by atoms with Gasteiger partial charge in [-0.05, 0) is 62.7 Å². The monoisotopic (exact) mass is 452 g/mol. The molecule has 0 aliphatic heterocycles. The maximum absolute atomic E-state index is 12.0. The Labute approximate surface area is 177 Å². The van der Waals surface area contributed by atoms with Crippen LogP contribution in [0.2, 0.25) is 0 Å². The van der Waals surface area contributed by atoms with Crippen molar-refractivity contribution in [1.82, 2.24) is 9.99 Å². The first kappa shape index (κ1) is 20.5. The zero-order chi connectivity index (χ0) is 21.0. The van der Waals surface area contributed by atoms with Crippen LogP contribution in [-0.4, -0.2) is 22.6 Å². The second-order valence-corrected chi connectivity index (χ2v) is 7.52. The van der Waals surface area contributed by atoms with Crippen molar-refractivity contribution in [3.8, 4) is 5.69 Å². The summed E-state index contributed by atoms with van der Waals surface area (Å²) in [6, 6.07) is 17.0. The predicted octanol–water partition coefficient (Wildman–Crippen LogP) is 4.25. The first-order valence-corrected chi connectivity index (χ1v) is 9.81. The summed E-state index contributed by atoms with van der Waals surface area (Å²) in [6.07, 6.45) is 1.54. The second kappa shape index (κ2) is 8.87. The third-order valence-electron chi connectivity index (χ3n) is 4.50. The van der Waals surface area contributed by atoms with E-state index in [2.05, 4.69) is 55.4 Å². The quantitative estimate of drug-likeness (QED) is 0.352. The lowest BCUT2D eigenvalue weighted by atomic mass is 10.2. The third kappa shape index (κ3) is 4.81. The number of hydrogen-bond acceptors (Lipinski definition) is 3. The minimum atomic E-state index is -0.836. The van der Waals surface area contributed by atoms with Crippen molar-refractivity contribution in [1.29, 1.82) is 0 Å². The molecule has 2 aromatic carbocycles. The lowest BCUT2D eigenvalue weighted by molar-refractivity contribution is -0.136. The van der Waals surface area contributed by atoms with E-state index in [1.54, 1.807) is 30.5 Å². The van der Waals surface area contributed by atoms with Crippen molar-refractivity contribution >= 4 is 39.6 Å². The van der Waals surface area contributed by atoms with E-state index in [-0.39, 0.29) is 0 Å². The van der Waals surface area contributed by atoms with Gasteiger partial charge >= 0.3 is 11.8 Å². The summed E-state index contributed by atoms with van der Waals surface area (Å²) < 4.78 is 3.02. The van der Waals surface area contributed by atoms with E-state index in [0.29, 0.717) is 5.69 Å². The zero-order valence-electron chi connectivity index (χ0n) is 16.4. The molecule has 7 heteroatoms. The van der Waals surface area contributed by atoms with E-state index >= 15 is 0 Å². The first-order valence-electron chi connectivity index (χ1n) is 9.01. The fourth-order valence-corrected chi connectivity index (χ4v) is 3.30. The number of amides is 2. The summed E-state index contributed by atoms with van der Waals surface area (Å²) in [4.78, 5) is 24.0. The molecule has 0 fully saturated rings. The predicted molar refractivity (Wildman–Crippen MR) is 118 cm³/mol. The molecule has 0 radical (unpaired) electrons. The van der Waals surface area contributed by atoms with Crippen LogP contribution in [0, 0.1) is 20.8 Å². The second-order valence-electron chi connectivity index (χ2n) is 6.61. The number of nitrogens with one attached hydrogen (secondary N) is 2. The van der Waals surface area contributed by atoms with E-state index in [1.165, 1.54) is 0 Å². The van der Waals surface area contributed by atoms with Gasteiger partial charge in [0.15, 0.2) is 0 Å². The van der Waals surface area contributed by atoms with Gasteiger partial charge in [0.05, 0.1) is 6.21 Å². The molecular weight excluding hydrogens is 432 g/mol. The Hall–Kier alpha value is -3.19. The van der Waals surface area contributed by atoms with Gasteiger partial charge in [0, 0.05) is 32.8 Å². The summed E-state index contributed by atoms with van der Waals surface area (Å²) in [7, 11) is 0. The van der Waals surface area contributed by atoms with Crippen molar-refractivity contribution < 1.29 is 9.59 Å². The summed E-state index contributed by atoms with van der Waals surface area (Å²) >= 11 is 3.32. The Kier molecular flexibility index (Phi) is 6.29. The summed E-state index contributed by atoms with van der Waals surface area (Å²) in [5.74, 6) is -1.62. The van der Waals surface area contributed by atoms with E-state index in [1.807, 2.05) is 32.0 Å². The van der Waals surface area contributed by atoms with E-state index in [9.17, 15) is 9.59 Å². The Balaban J connectivity index is 1.68. The fourth-order valence-electron chi connectivity index (χ4n) is 3.04. The number of aryl methyl sites for hydroxylation is 2. The molecule has 0 bridgehead atoms. The Morgan fingerprint density at radius 2 is 1.69 bits per heavy atom. The molecule has 0 unspecified atom stereocenters. The number of carbonyl (C=O) groups is 2. The molecule has 1 heterocycles. The number of rotatable bonds is 4. The van der Waals surface area contributed by atoms with Crippen LogP contribution in [0.5, 0.6) is 0 Å². The number of carbonyl (C=O) groups excluding carboxylic acids is 2. The molecular formula is C22H21BrN4O2. The number of aromatic nitrogens is 1. The smallest absolute Gasteiger partial charge is 0.318 e. The molecule has 1 aromatic heterocycles. The van der Waals surface area contributed by atoms with Gasteiger partial charge in [0.2, 0.25) is 0 Å². The van der Waals surface area contributed by atoms with Crippen molar-refractivity contribution in [2.24, 2.45) is 5.10 Å². The molecule has 0 aliphatic rings. The van der Waals surface area contributed by atoms with E-state index in [4.69, 9.17) is 0 Å². The number of anilines is 1. The van der Waals surface area contributed by atoms with Gasteiger partial charge in [0.25, 0.3) is 0 Å². The molecule has 2 amide bonds. The molecule has 148 valence electrons. The van der Waals surface area contributed by atoms with Crippen LogP contribution < -0.4 is 10.7 Å². The number of benzene rings is 2. The van der Waals surface area contributed by atoms with Gasteiger partial charge in [-0.1, -0.05) is 34.1 Å². The topological polar surface area (TPSA) is 75.5 Å². The molecule has 0 aliphatic carbocycles. The van der Waals surface area contributed by atoms with Gasteiger partial charge in [-0.2, -0.15) is 5.10 Å². The number of hydrazone groups is 1. The van der Waals surface area contributed by atoms with E-state index < -0.39 is 11.8 Å². The number of nitrogens with zero attached hydrogens (tertiary/aromatic N) is 2. The molecule has 29 heavy (non-hydrogen) atoms. The fraction of sp³-hybridized carbons (Fsp3) is 0.136. The Morgan fingerprint density at radius 3 is 2.38 bits per heavy atom. The molecule has 0 spiro atoms. The highest BCUT2D eigenvalue weighted by atomic mass is 79.9. The number of halogens is 1. The maximum atomic E-state index is 12.0. The van der Waals surface area contributed by atoms with Crippen LogP contribution in [0.3, 0.4) is 0 Å². The standard InChI is InChI=1S/C22H21BrN4O2/c1-14-6-4-5-7-20(14)27-15(2)12-17(16(27)3)13-24-26-22(29)21(28)25-19-10-8-18(23)9-11-19/h4-13H,1-3H3,(H,25,28)(H,26,29)/b24-13+.